The van der Waals surface area contributed by atoms with Crippen LogP contribution in [0.25, 0.3) is 0 Å². The van der Waals surface area contributed by atoms with Gasteiger partial charge in [0.25, 0.3) is 0 Å². The Morgan fingerprint density at radius 3 is 2.90 bits per heavy atom. The highest BCUT2D eigenvalue weighted by Gasteiger charge is 2.35. The number of likely N-dealkylation sites (N-methyl/N-ethyl adjacent to an activating group) is 1. The van der Waals surface area contributed by atoms with Crippen molar-refractivity contribution in [3.8, 4) is 0 Å². The van der Waals surface area contributed by atoms with Crippen molar-refractivity contribution in [2.75, 3.05) is 25.5 Å². The number of benzene rings is 1. The molecule has 1 N–H and O–H groups in total. The van der Waals surface area contributed by atoms with Gasteiger partial charge < -0.3 is 10.1 Å². The van der Waals surface area contributed by atoms with Crippen molar-refractivity contribution in [1.29, 1.82) is 0 Å². The van der Waals surface area contributed by atoms with Crippen LogP contribution in [0.2, 0.25) is 0 Å². The molecular weight excluding hydrogens is 288 g/mol. The lowest BCUT2D eigenvalue weighted by Gasteiger charge is -2.27. The molecule has 0 bridgehead atoms. The summed E-state index contributed by atoms with van der Waals surface area (Å²) in [6.45, 7) is 3.45. The second-order valence-electron chi connectivity index (χ2n) is 5.80. The lowest BCUT2D eigenvalue weighted by molar-refractivity contribution is 0.102. The van der Waals surface area contributed by atoms with E-state index >= 15 is 0 Å². The molecule has 21 heavy (non-hydrogen) atoms. The molecule has 0 aliphatic carbocycles. The molecule has 1 saturated heterocycles. The largest absolute Gasteiger partial charge is 0.385 e. The molecule has 6 heteroatoms. The van der Waals surface area contributed by atoms with Crippen LogP contribution in [0.1, 0.15) is 25.3 Å². The van der Waals surface area contributed by atoms with Gasteiger partial charge in [0.15, 0.2) is 0 Å². The first-order valence-corrected chi connectivity index (χ1v) is 8.90. The Bertz CT molecular complexity index is 630. The van der Waals surface area contributed by atoms with Crippen molar-refractivity contribution in [2.45, 2.75) is 43.2 Å². The topological polar surface area (TPSA) is 58.6 Å². The Kier molecular flexibility index (Phi) is 3.94. The highest BCUT2D eigenvalue weighted by atomic mass is 32.2. The molecule has 5 nitrogen and oxygen atoms in total. The number of ether oxygens (including phenoxy) is 1. The fourth-order valence-corrected chi connectivity index (χ4v) is 4.62. The van der Waals surface area contributed by atoms with Gasteiger partial charge in [0.1, 0.15) is 0 Å². The Hall–Kier alpha value is -1.11. The molecule has 116 valence electrons. The summed E-state index contributed by atoms with van der Waals surface area (Å²) in [6, 6.07) is 5.33. The molecule has 0 spiro atoms. The summed E-state index contributed by atoms with van der Waals surface area (Å²) in [5.74, 6) is 0. The predicted octanol–water partition coefficient (Wildman–Crippen LogP) is 1.84. The van der Waals surface area contributed by atoms with Gasteiger partial charge >= 0.3 is 0 Å². The van der Waals surface area contributed by atoms with Crippen LogP contribution < -0.4 is 5.32 Å². The van der Waals surface area contributed by atoms with Gasteiger partial charge in [0.05, 0.1) is 17.0 Å². The molecule has 0 amide bonds. The van der Waals surface area contributed by atoms with E-state index in [9.17, 15) is 8.42 Å². The molecule has 1 aromatic rings. The van der Waals surface area contributed by atoms with E-state index in [1.807, 2.05) is 13.0 Å². The lowest BCUT2D eigenvalue weighted by Crippen LogP contribution is -2.40. The SMILES string of the molecule is CC1OCCC1N(C)S(=O)(=O)c1ccc2c(c1)NCCC2. The van der Waals surface area contributed by atoms with Gasteiger partial charge in [-0.2, -0.15) is 4.31 Å². The quantitative estimate of drug-likeness (QED) is 0.925. The van der Waals surface area contributed by atoms with Crippen LogP contribution in [0.15, 0.2) is 23.1 Å². The number of nitrogens with one attached hydrogen (secondary N) is 1. The highest BCUT2D eigenvalue weighted by molar-refractivity contribution is 7.89. The van der Waals surface area contributed by atoms with Crippen molar-refractivity contribution in [2.24, 2.45) is 0 Å². The fourth-order valence-electron chi connectivity index (χ4n) is 3.14. The van der Waals surface area contributed by atoms with Gasteiger partial charge in [-0.05, 0) is 43.9 Å². The zero-order valence-corrected chi connectivity index (χ0v) is 13.3. The van der Waals surface area contributed by atoms with Crippen LogP contribution in [0.3, 0.4) is 0 Å². The van der Waals surface area contributed by atoms with Crippen molar-refractivity contribution in [3.05, 3.63) is 23.8 Å². The van der Waals surface area contributed by atoms with Gasteiger partial charge in [-0.3, -0.25) is 0 Å². The first-order chi connectivity index (χ1) is 10.00. The molecule has 0 aromatic heterocycles. The molecule has 0 radical (unpaired) electrons. The van der Waals surface area contributed by atoms with Crippen LogP contribution in [-0.2, 0) is 21.2 Å². The number of nitrogens with zero attached hydrogens (tertiary/aromatic N) is 1. The van der Waals surface area contributed by atoms with E-state index in [1.165, 1.54) is 9.87 Å². The van der Waals surface area contributed by atoms with Crippen molar-refractivity contribution in [3.63, 3.8) is 0 Å². The summed E-state index contributed by atoms with van der Waals surface area (Å²) in [6.07, 6.45) is 2.79. The molecule has 1 aromatic carbocycles. The van der Waals surface area contributed by atoms with Crippen LogP contribution in [0, 0.1) is 0 Å². The van der Waals surface area contributed by atoms with E-state index < -0.39 is 10.0 Å². The monoisotopic (exact) mass is 310 g/mol. The number of fused-ring (bicyclic) bond motifs is 1. The molecule has 2 aliphatic rings. The number of rotatable bonds is 3. The van der Waals surface area contributed by atoms with Crippen molar-refractivity contribution < 1.29 is 13.2 Å². The van der Waals surface area contributed by atoms with Crippen LogP contribution in [-0.4, -0.2) is 45.1 Å². The molecular formula is C15H22N2O3S. The summed E-state index contributed by atoms with van der Waals surface area (Å²) in [5, 5.41) is 3.28. The molecule has 2 atom stereocenters. The third-order valence-electron chi connectivity index (χ3n) is 4.50. The molecule has 0 saturated carbocycles. The number of anilines is 1. The van der Waals surface area contributed by atoms with Crippen LogP contribution in [0.5, 0.6) is 0 Å². The molecule has 2 aliphatic heterocycles. The molecule has 2 heterocycles. The summed E-state index contributed by atoms with van der Waals surface area (Å²) in [4.78, 5) is 0.359. The van der Waals surface area contributed by atoms with E-state index in [0.717, 1.165) is 31.5 Å². The maximum absolute atomic E-state index is 12.8. The van der Waals surface area contributed by atoms with Crippen molar-refractivity contribution >= 4 is 15.7 Å². The van der Waals surface area contributed by atoms with Gasteiger partial charge in [-0.15, -0.1) is 0 Å². The molecule has 2 unspecified atom stereocenters. The zero-order valence-electron chi connectivity index (χ0n) is 12.5. The van der Waals surface area contributed by atoms with E-state index in [4.69, 9.17) is 4.74 Å². The first-order valence-electron chi connectivity index (χ1n) is 7.46. The maximum Gasteiger partial charge on any atom is 0.243 e. The summed E-state index contributed by atoms with van der Waals surface area (Å²) in [7, 11) is -1.82. The minimum absolute atomic E-state index is 0.0551. The standard InChI is InChI=1S/C15H22N2O3S/c1-11-15(7-9-20-11)17(2)21(18,19)13-6-5-12-4-3-8-16-14(12)10-13/h5-6,10-11,15-16H,3-4,7-9H2,1-2H3. The van der Waals surface area contributed by atoms with Gasteiger partial charge in [0, 0.05) is 25.9 Å². The zero-order chi connectivity index (χ0) is 15.0. The number of aryl methyl sites for hydroxylation is 1. The first kappa shape index (κ1) is 14.8. The van der Waals surface area contributed by atoms with Crippen molar-refractivity contribution in [1.82, 2.24) is 4.31 Å². The minimum atomic E-state index is -3.48. The summed E-state index contributed by atoms with van der Waals surface area (Å²) in [5.41, 5.74) is 2.15. The second-order valence-corrected chi connectivity index (χ2v) is 7.80. The fraction of sp³-hybridized carbons (Fsp3) is 0.600. The van der Waals surface area contributed by atoms with E-state index in [2.05, 4.69) is 5.32 Å². The summed E-state index contributed by atoms with van der Waals surface area (Å²) < 4.78 is 32.5. The normalized spacial score (nSPS) is 25.7. The third-order valence-corrected chi connectivity index (χ3v) is 6.38. The van der Waals surface area contributed by atoms with E-state index in [-0.39, 0.29) is 12.1 Å². The smallest absolute Gasteiger partial charge is 0.243 e. The minimum Gasteiger partial charge on any atom is -0.385 e. The van der Waals surface area contributed by atoms with Gasteiger partial charge in [0.2, 0.25) is 10.0 Å². The van der Waals surface area contributed by atoms with Gasteiger partial charge in [-0.1, -0.05) is 6.07 Å². The van der Waals surface area contributed by atoms with E-state index in [1.54, 1.807) is 19.2 Å². The average molecular weight is 310 g/mol. The van der Waals surface area contributed by atoms with E-state index in [0.29, 0.717) is 11.5 Å². The van der Waals surface area contributed by atoms with Gasteiger partial charge in [-0.25, -0.2) is 8.42 Å². The Morgan fingerprint density at radius 1 is 1.38 bits per heavy atom. The third kappa shape index (κ3) is 2.67. The molecule has 3 rings (SSSR count). The lowest BCUT2D eigenvalue weighted by atomic mass is 10.0. The predicted molar refractivity (Wildman–Crippen MR) is 82.0 cm³/mol. The Balaban J connectivity index is 1.90. The number of sulfonamides is 1. The van der Waals surface area contributed by atoms with Crippen LogP contribution in [0.4, 0.5) is 5.69 Å². The highest BCUT2D eigenvalue weighted by Crippen LogP contribution is 2.29. The maximum atomic E-state index is 12.8. The second kappa shape index (κ2) is 5.59. The average Bonchev–Trinajstić information content (AvgIpc) is 2.92. The van der Waals surface area contributed by atoms with Crippen LogP contribution >= 0.6 is 0 Å². The number of hydrogen-bond donors (Lipinski definition) is 1. The summed E-state index contributed by atoms with van der Waals surface area (Å²) >= 11 is 0. The molecule has 1 fully saturated rings. The Labute approximate surface area is 126 Å². The Morgan fingerprint density at radius 2 is 2.19 bits per heavy atom. The number of hydrogen-bond acceptors (Lipinski definition) is 4.